The summed E-state index contributed by atoms with van der Waals surface area (Å²) in [6.45, 7) is 5.75. The Labute approximate surface area is 249 Å². The fourth-order valence-corrected chi connectivity index (χ4v) is 5.65. The van der Waals surface area contributed by atoms with Gasteiger partial charge in [0.1, 0.15) is 11.5 Å². The van der Waals surface area contributed by atoms with E-state index in [1.54, 1.807) is 36.3 Å². The molecule has 0 atom stereocenters. The maximum atomic E-state index is 14.8. The third-order valence-corrected chi connectivity index (χ3v) is 8.21. The van der Waals surface area contributed by atoms with Crippen molar-refractivity contribution in [3.63, 3.8) is 0 Å². The Kier molecular flexibility index (Phi) is 8.97. The highest BCUT2D eigenvalue weighted by atomic mass is 35.5. The highest BCUT2D eigenvalue weighted by Crippen LogP contribution is 2.24. The van der Waals surface area contributed by atoms with Crippen molar-refractivity contribution in [2.45, 2.75) is 18.7 Å². The summed E-state index contributed by atoms with van der Waals surface area (Å²) in [6.07, 6.45) is 1.60. The lowest BCUT2D eigenvalue weighted by Gasteiger charge is -2.34. The third kappa shape index (κ3) is 6.28. The molecule has 0 radical (unpaired) electrons. The van der Waals surface area contributed by atoms with Gasteiger partial charge in [0.25, 0.3) is 5.91 Å². The molecular weight excluding hydrogens is 585 g/mol. The van der Waals surface area contributed by atoms with Crippen molar-refractivity contribution in [1.82, 2.24) is 29.4 Å². The molecule has 1 aliphatic heterocycles. The fourth-order valence-electron chi connectivity index (χ4n) is 5.13. The maximum Gasteiger partial charge on any atom is 0.254 e. The minimum Gasteiger partial charge on any atom is -0.336 e. The van der Waals surface area contributed by atoms with Gasteiger partial charge < -0.3 is 9.47 Å². The number of sulfonamides is 1. The summed E-state index contributed by atoms with van der Waals surface area (Å²) in [5.74, 6) is -0.858. The number of hydrogen-bond acceptors (Lipinski definition) is 7. The van der Waals surface area contributed by atoms with Gasteiger partial charge in [-0.3, -0.25) is 19.2 Å². The zero-order valence-corrected chi connectivity index (χ0v) is 25.0. The third-order valence-electron chi connectivity index (χ3n) is 7.28. The molecule has 4 aromatic rings. The van der Waals surface area contributed by atoms with Gasteiger partial charge in [-0.1, -0.05) is 5.21 Å². The second-order valence-electron chi connectivity index (χ2n) is 10.1. The quantitative estimate of drug-likeness (QED) is 0.316. The average molecular weight is 616 g/mol. The van der Waals surface area contributed by atoms with E-state index < -0.39 is 15.8 Å². The van der Waals surface area contributed by atoms with Gasteiger partial charge >= 0.3 is 0 Å². The molecule has 0 bridgehead atoms. The number of ketones is 1. The smallest absolute Gasteiger partial charge is 0.254 e. The number of primary sulfonamides is 1. The van der Waals surface area contributed by atoms with Crippen LogP contribution in [0.1, 0.15) is 32.1 Å². The van der Waals surface area contributed by atoms with Gasteiger partial charge in [-0.25, -0.2) is 17.9 Å². The molecule has 2 N–H and O–H groups in total. The number of aryl methyl sites for hydroxylation is 2. The zero-order chi connectivity index (χ0) is 29.5. The molecule has 1 amide bonds. The van der Waals surface area contributed by atoms with Crippen molar-refractivity contribution >= 4 is 34.1 Å². The van der Waals surface area contributed by atoms with E-state index in [-0.39, 0.29) is 46.7 Å². The molecule has 42 heavy (non-hydrogen) atoms. The number of carbonyl (C=O) groups excluding carboxylic acids is 2. The van der Waals surface area contributed by atoms with Gasteiger partial charge in [0.05, 0.1) is 17.6 Å². The highest BCUT2D eigenvalue weighted by molar-refractivity contribution is 7.89. The van der Waals surface area contributed by atoms with Crippen molar-refractivity contribution in [1.29, 1.82) is 0 Å². The number of carbonyl (C=O) groups is 2. The average Bonchev–Trinajstić information content (AvgIpc) is 3.50. The molecule has 3 heterocycles. The molecule has 0 saturated carbocycles. The van der Waals surface area contributed by atoms with Crippen molar-refractivity contribution in [3.8, 4) is 16.9 Å². The summed E-state index contributed by atoms with van der Waals surface area (Å²) in [5.41, 5.74) is 3.80. The van der Waals surface area contributed by atoms with Gasteiger partial charge in [-0.05, 0) is 62.4 Å². The number of Topliss-reactive ketones (excluding diaryl/α,β-unsaturated/α-hetero) is 1. The first-order valence-electron chi connectivity index (χ1n) is 13.0. The Bertz CT molecular complexity index is 1740. The molecule has 0 spiro atoms. The lowest BCUT2D eigenvalue weighted by molar-refractivity contribution is 0.0624. The van der Waals surface area contributed by atoms with Crippen molar-refractivity contribution in [3.05, 3.63) is 83.1 Å². The first kappa shape index (κ1) is 31.0. The Hall–Kier alpha value is -3.91. The Morgan fingerprint density at radius 2 is 1.67 bits per heavy atom. The van der Waals surface area contributed by atoms with Crippen LogP contribution in [0.5, 0.6) is 0 Å². The number of hydrogen-bond donors (Lipinski definition) is 1. The van der Waals surface area contributed by atoms with Crippen LogP contribution in [-0.2, 0) is 17.1 Å². The molecule has 2 aromatic heterocycles. The molecule has 5 rings (SSSR count). The Morgan fingerprint density at radius 1 is 1.00 bits per heavy atom. The molecule has 1 fully saturated rings. The first-order chi connectivity index (χ1) is 19.4. The number of halogens is 2. The molecule has 11 nitrogen and oxygen atoms in total. The van der Waals surface area contributed by atoms with Crippen molar-refractivity contribution in [2.75, 3.05) is 32.7 Å². The standard InChI is InChI=1S/C28H30FN7O4S.ClH/c1-18-14-24(19(2)36(18)21-5-7-22(8-6-21)41(30,39)40)27(37)17-34-10-12-35(13-11-34)28(38)20-4-9-23(25(29)15-20)26-16-33(3)32-31-26;/h4-9,14-16H,10-13,17H2,1-3H3,(H2,30,39,40);1H. The van der Waals surface area contributed by atoms with E-state index in [0.29, 0.717) is 37.4 Å². The topological polar surface area (TPSA) is 136 Å². The van der Waals surface area contributed by atoms with E-state index in [1.165, 1.54) is 28.9 Å². The zero-order valence-electron chi connectivity index (χ0n) is 23.3. The van der Waals surface area contributed by atoms with E-state index in [2.05, 4.69) is 10.3 Å². The lowest BCUT2D eigenvalue weighted by atomic mass is 10.1. The molecule has 222 valence electrons. The van der Waals surface area contributed by atoms with Crippen LogP contribution in [-0.4, -0.2) is 82.2 Å². The Morgan fingerprint density at radius 3 is 2.24 bits per heavy atom. The molecule has 1 aliphatic rings. The second-order valence-corrected chi connectivity index (χ2v) is 11.7. The van der Waals surface area contributed by atoms with Gasteiger partial charge in [-0.2, -0.15) is 0 Å². The van der Waals surface area contributed by atoms with Crippen LogP contribution in [0.2, 0.25) is 0 Å². The number of amides is 1. The number of aromatic nitrogens is 4. The molecule has 0 aliphatic carbocycles. The van der Waals surface area contributed by atoms with Crippen LogP contribution in [0, 0.1) is 19.7 Å². The second kappa shape index (κ2) is 12.1. The van der Waals surface area contributed by atoms with Gasteiger partial charge in [0, 0.05) is 67.0 Å². The number of nitrogens with zero attached hydrogens (tertiary/aromatic N) is 6. The van der Waals surface area contributed by atoms with Crippen molar-refractivity contribution < 1.29 is 22.4 Å². The SMILES string of the molecule is Cc1cc(C(=O)CN2CCN(C(=O)c3ccc(-c4cn(C)nn4)c(F)c3)CC2)c(C)n1-c1ccc(S(N)(=O)=O)cc1.Cl. The number of nitrogens with two attached hydrogens (primary N) is 1. The summed E-state index contributed by atoms with van der Waals surface area (Å²) < 4.78 is 41.3. The lowest BCUT2D eigenvalue weighted by Crippen LogP contribution is -2.49. The molecular formula is C28H31ClFN7O4S. The van der Waals surface area contributed by atoms with Crippen LogP contribution in [0.15, 0.2) is 59.6 Å². The molecule has 0 unspecified atom stereocenters. The summed E-state index contributed by atoms with van der Waals surface area (Å²) in [5, 5.41) is 12.9. The molecule has 2 aromatic carbocycles. The summed E-state index contributed by atoms with van der Waals surface area (Å²) >= 11 is 0. The van der Waals surface area contributed by atoms with Crippen LogP contribution >= 0.6 is 12.4 Å². The highest BCUT2D eigenvalue weighted by Gasteiger charge is 2.26. The van der Waals surface area contributed by atoms with Gasteiger partial charge in [-0.15, -0.1) is 17.5 Å². The predicted octanol–water partition coefficient (Wildman–Crippen LogP) is 2.74. The van der Waals surface area contributed by atoms with E-state index in [1.807, 2.05) is 29.4 Å². The van der Waals surface area contributed by atoms with Crippen LogP contribution in [0.25, 0.3) is 16.9 Å². The minimum atomic E-state index is -3.80. The summed E-state index contributed by atoms with van der Waals surface area (Å²) in [4.78, 5) is 30.0. The number of rotatable bonds is 7. The molecule has 1 saturated heterocycles. The molecule has 14 heteroatoms. The van der Waals surface area contributed by atoms with Crippen LogP contribution in [0.3, 0.4) is 0 Å². The Balaban J connectivity index is 0.00000405. The summed E-state index contributed by atoms with van der Waals surface area (Å²) in [7, 11) is -2.11. The number of benzene rings is 2. The monoisotopic (exact) mass is 615 g/mol. The minimum absolute atomic E-state index is 0. The maximum absolute atomic E-state index is 14.8. The van der Waals surface area contributed by atoms with E-state index in [4.69, 9.17) is 5.14 Å². The summed E-state index contributed by atoms with van der Waals surface area (Å²) in [6, 6.07) is 12.3. The predicted molar refractivity (Wildman–Crippen MR) is 157 cm³/mol. The number of piperazine rings is 1. The van der Waals surface area contributed by atoms with E-state index in [9.17, 15) is 22.4 Å². The first-order valence-corrected chi connectivity index (χ1v) is 14.5. The van der Waals surface area contributed by atoms with E-state index >= 15 is 0 Å². The van der Waals surface area contributed by atoms with E-state index in [0.717, 1.165) is 17.1 Å². The van der Waals surface area contributed by atoms with Gasteiger partial charge in [0.15, 0.2) is 5.78 Å². The van der Waals surface area contributed by atoms with Crippen LogP contribution < -0.4 is 5.14 Å². The van der Waals surface area contributed by atoms with Crippen molar-refractivity contribution in [2.24, 2.45) is 12.2 Å². The normalized spacial score (nSPS) is 14.1. The van der Waals surface area contributed by atoms with Gasteiger partial charge in [0.2, 0.25) is 10.0 Å². The fraction of sp³-hybridized carbons (Fsp3) is 0.286. The largest absolute Gasteiger partial charge is 0.336 e. The van der Waals surface area contributed by atoms with Crippen LogP contribution in [0.4, 0.5) is 4.39 Å².